The zero-order valence-corrected chi connectivity index (χ0v) is 12.0. The highest BCUT2D eigenvalue weighted by Crippen LogP contribution is 2.33. The number of piperidine rings is 1. The standard InChI is InChI=1S/C13H18N4O2.ClH/c14-9-2-5-17(6-3-9)11-7-12(11)19-13(18)10-1-4-15-8-16-10;/h1,4,8-9,11-12H,2-3,5-7,14H2;1H. The number of carbonyl (C=O) groups is 1. The maximum atomic E-state index is 11.8. The summed E-state index contributed by atoms with van der Waals surface area (Å²) in [6, 6.07) is 2.27. The average Bonchev–Trinajstić information content (AvgIpc) is 3.20. The number of carbonyl (C=O) groups excluding carboxylic acids is 1. The van der Waals surface area contributed by atoms with Gasteiger partial charge in [0.15, 0.2) is 5.69 Å². The van der Waals surface area contributed by atoms with E-state index in [4.69, 9.17) is 10.5 Å². The van der Waals surface area contributed by atoms with Gasteiger partial charge in [-0.3, -0.25) is 4.90 Å². The third-order valence-electron chi connectivity index (χ3n) is 3.79. The van der Waals surface area contributed by atoms with E-state index in [2.05, 4.69) is 14.9 Å². The molecule has 0 radical (unpaired) electrons. The predicted octanol–water partition coefficient (Wildman–Crippen LogP) is 0.619. The van der Waals surface area contributed by atoms with Crippen LogP contribution < -0.4 is 5.73 Å². The molecule has 0 amide bonds. The Morgan fingerprint density at radius 2 is 2.15 bits per heavy atom. The molecule has 2 fully saturated rings. The van der Waals surface area contributed by atoms with Crippen molar-refractivity contribution in [2.45, 2.75) is 37.5 Å². The Hall–Kier alpha value is -1.24. The molecule has 1 saturated carbocycles. The van der Waals surface area contributed by atoms with Crippen molar-refractivity contribution < 1.29 is 9.53 Å². The first-order chi connectivity index (χ1) is 9.24. The van der Waals surface area contributed by atoms with E-state index in [9.17, 15) is 4.79 Å². The van der Waals surface area contributed by atoms with E-state index in [1.165, 1.54) is 6.33 Å². The van der Waals surface area contributed by atoms with Gasteiger partial charge in [-0.15, -0.1) is 12.4 Å². The molecule has 2 aliphatic rings. The summed E-state index contributed by atoms with van der Waals surface area (Å²) >= 11 is 0. The Labute approximate surface area is 124 Å². The van der Waals surface area contributed by atoms with E-state index in [-0.39, 0.29) is 24.5 Å². The summed E-state index contributed by atoms with van der Waals surface area (Å²) < 4.78 is 5.44. The molecular weight excluding hydrogens is 280 g/mol. The molecule has 1 aliphatic carbocycles. The van der Waals surface area contributed by atoms with Gasteiger partial charge in [-0.1, -0.05) is 0 Å². The fourth-order valence-corrected chi connectivity index (χ4v) is 2.53. The van der Waals surface area contributed by atoms with Crippen molar-refractivity contribution in [2.75, 3.05) is 13.1 Å². The number of nitrogens with two attached hydrogens (primary N) is 1. The van der Waals surface area contributed by atoms with Crippen LogP contribution in [0.4, 0.5) is 0 Å². The average molecular weight is 299 g/mol. The molecule has 0 spiro atoms. The van der Waals surface area contributed by atoms with Gasteiger partial charge in [-0.2, -0.15) is 0 Å². The van der Waals surface area contributed by atoms with Crippen LogP contribution in [0, 0.1) is 0 Å². The summed E-state index contributed by atoms with van der Waals surface area (Å²) in [6.45, 7) is 2.01. The molecule has 1 aliphatic heterocycles. The second-order valence-electron chi connectivity index (χ2n) is 5.21. The van der Waals surface area contributed by atoms with Crippen LogP contribution in [0.15, 0.2) is 18.6 Å². The Kier molecular flexibility index (Phi) is 4.91. The SMILES string of the molecule is Cl.NC1CCN(C2CC2OC(=O)c2ccncn2)CC1. The summed E-state index contributed by atoms with van der Waals surface area (Å²) in [5.74, 6) is -0.358. The molecule has 0 bridgehead atoms. The fraction of sp³-hybridized carbons (Fsp3) is 0.615. The van der Waals surface area contributed by atoms with Gasteiger partial charge >= 0.3 is 5.97 Å². The molecule has 3 rings (SSSR count). The van der Waals surface area contributed by atoms with Crippen LogP contribution >= 0.6 is 12.4 Å². The van der Waals surface area contributed by atoms with Crippen molar-refractivity contribution in [1.29, 1.82) is 0 Å². The third-order valence-corrected chi connectivity index (χ3v) is 3.79. The first kappa shape index (κ1) is 15.2. The fourth-order valence-electron chi connectivity index (χ4n) is 2.53. The van der Waals surface area contributed by atoms with Gasteiger partial charge < -0.3 is 10.5 Å². The summed E-state index contributed by atoms with van der Waals surface area (Å²) in [6.07, 6.45) is 5.89. The summed E-state index contributed by atoms with van der Waals surface area (Å²) in [7, 11) is 0. The predicted molar refractivity (Wildman–Crippen MR) is 75.7 cm³/mol. The van der Waals surface area contributed by atoms with Gasteiger partial charge in [-0.25, -0.2) is 14.8 Å². The van der Waals surface area contributed by atoms with Gasteiger partial charge in [0.05, 0.1) is 6.04 Å². The first-order valence-electron chi connectivity index (χ1n) is 6.70. The number of hydrogen-bond donors (Lipinski definition) is 1. The molecule has 1 aromatic rings. The van der Waals surface area contributed by atoms with Crippen LogP contribution in [-0.2, 0) is 4.74 Å². The van der Waals surface area contributed by atoms with E-state index in [1.807, 2.05) is 0 Å². The summed E-state index contributed by atoms with van der Waals surface area (Å²) in [5.41, 5.74) is 6.20. The minimum Gasteiger partial charge on any atom is -0.456 e. The number of ether oxygens (including phenoxy) is 1. The molecule has 2 atom stereocenters. The highest BCUT2D eigenvalue weighted by Gasteiger charge is 2.45. The van der Waals surface area contributed by atoms with Crippen molar-refractivity contribution in [3.63, 3.8) is 0 Å². The molecule has 6 nitrogen and oxygen atoms in total. The van der Waals surface area contributed by atoms with Crippen LogP contribution in [0.5, 0.6) is 0 Å². The number of aromatic nitrogens is 2. The van der Waals surface area contributed by atoms with Gasteiger partial charge in [0.25, 0.3) is 0 Å². The molecule has 2 unspecified atom stereocenters. The van der Waals surface area contributed by atoms with Gasteiger partial charge in [0.2, 0.25) is 0 Å². The summed E-state index contributed by atoms with van der Waals surface area (Å²) in [4.78, 5) is 21.9. The topological polar surface area (TPSA) is 81.3 Å². The lowest BCUT2D eigenvalue weighted by atomic mass is 10.1. The lowest BCUT2D eigenvalue weighted by molar-refractivity contribution is 0.0407. The molecule has 20 heavy (non-hydrogen) atoms. The maximum absolute atomic E-state index is 11.8. The van der Waals surface area contributed by atoms with Crippen molar-refractivity contribution in [1.82, 2.24) is 14.9 Å². The van der Waals surface area contributed by atoms with Gasteiger partial charge in [0.1, 0.15) is 12.4 Å². The lowest BCUT2D eigenvalue weighted by Crippen LogP contribution is -2.41. The molecule has 7 heteroatoms. The Bertz CT molecular complexity index is 451. The lowest BCUT2D eigenvalue weighted by Gasteiger charge is -2.30. The zero-order chi connectivity index (χ0) is 13.2. The smallest absolute Gasteiger partial charge is 0.357 e. The Balaban J connectivity index is 0.00000147. The molecule has 1 saturated heterocycles. The Morgan fingerprint density at radius 1 is 1.40 bits per heavy atom. The largest absolute Gasteiger partial charge is 0.456 e. The van der Waals surface area contributed by atoms with Crippen LogP contribution in [0.25, 0.3) is 0 Å². The maximum Gasteiger partial charge on any atom is 0.357 e. The highest BCUT2D eigenvalue weighted by atomic mass is 35.5. The van der Waals surface area contributed by atoms with E-state index in [1.54, 1.807) is 12.3 Å². The number of halogens is 1. The quantitative estimate of drug-likeness (QED) is 0.824. The normalized spacial score (nSPS) is 26.6. The van der Waals surface area contributed by atoms with Crippen LogP contribution in [-0.4, -0.2) is 52.1 Å². The molecular formula is C13H19ClN4O2. The first-order valence-corrected chi connectivity index (χ1v) is 6.70. The van der Waals surface area contributed by atoms with Gasteiger partial charge in [0, 0.05) is 31.7 Å². The number of nitrogens with zero attached hydrogens (tertiary/aromatic N) is 3. The molecule has 1 aromatic heterocycles. The minimum absolute atomic E-state index is 0. The number of esters is 1. The van der Waals surface area contributed by atoms with E-state index in [0.29, 0.717) is 17.8 Å². The van der Waals surface area contributed by atoms with Crippen molar-refractivity contribution in [2.24, 2.45) is 5.73 Å². The molecule has 110 valence electrons. The molecule has 2 heterocycles. The van der Waals surface area contributed by atoms with E-state index in [0.717, 1.165) is 32.4 Å². The number of hydrogen-bond acceptors (Lipinski definition) is 6. The highest BCUT2D eigenvalue weighted by molar-refractivity contribution is 5.87. The Morgan fingerprint density at radius 3 is 2.80 bits per heavy atom. The number of rotatable bonds is 3. The number of likely N-dealkylation sites (tertiary alicyclic amines) is 1. The second-order valence-corrected chi connectivity index (χ2v) is 5.21. The van der Waals surface area contributed by atoms with Crippen LogP contribution in [0.3, 0.4) is 0 Å². The molecule has 0 aromatic carbocycles. The second kappa shape index (κ2) is 6.47. The van der Waals surface area contributed by atoms with Crippen LogP contribution in [0.1, 0.15) is 29.8 Å². The summed E-state index contributed by atoms with van der Waals surface area (Å²) in [5, 5.41) is 0. The zero-order valence-electron chi connectivity index (χ0n) is 11.1. The van der Waals surface area contributed by atoms with Crippen molar-refractivity contribution in [3.8, 4) is 0 Å². The van der Waals surface area contributed by atoms with Crippen molar-refractivity contribution in [3.05, 3.63) is 24.3 Å². The minimum atomic E-state index is -0.358. The van der Waals surface area contributed by atoms with E-state index < -0.39 is 0 Å². The monoisotopic (exact) mass is 298 g/mol. The third kappa shape index (κ3) is 3.45. The van der Waals surface area contributed by atoms with Crippen LogP contribution in [0.2, 0.25) is 0 Å². The van der Waals surface area contributed by atoms with Crippen molar-refractivity contribution >= 4 is 18.4 Å². The van der Waals surface area contributed by atoms with E-state index >= 15 is 0 Å². The molecule has 2 N–H and O–H groups in total. The van der Waals surface area contributed by atoms with Gasteiger partial charge in [-0.05, 0) is 18.9 Å².